The first-order chi connectivity index (χ1) is 12.7. The molecule has 0 radical (unpaired) electrons. The van der Waals surface area contributed by atoms with Crippen molar-refractivity contribution in [2.45, 2.75) is 19.4 Å². The SMILES string of the molecule is O=C(NCC(=O)N1CCCC1)Nc1ccccc1COc1ccccc1. The molecule has 1 saturated heterocycles. The number of ether oxygens (including phenoxy) is 1. The molecule has 136 valence electrons. The van der Waals surface area contributed by atoms with E-state index in [1.54, 1.807) is 4.90 Å². The van der Waals surface area contributed by atoms with E-state index in [2.05, 4.69) is 10.6 Å². The van der Waals surface area contributed by atoms with Crippen molar-refractivity contribution in [2.24, 2.45) is 0 Å². The lowest BCUT2D eigenvalue weighted by molar-refractivity contribution is -0.128. The molecule has 6 nitrogen and oxygen atoms in total. The van der Waals surface area contributed by atoms with Crippen molar-refractivity contribution >= 4 is 17.6 Å². The standard InChI is InChI=1S/C20H23N3O3/c24-19(23-12-6-7-13-23)14-21-20(25)22-18-11-5-4-8-16(18)15-26-17-9-2-1-3-10-17/h1-5,8-11H,6-7,12-15H2,(H2,21,22,25). The summed E-state index contributed by atoms with van der Waals surface area (Å²) in [6.07, 6.45) is 2.07. The highest BCUT2D eigenvalue weighted by Crippen LogP contribution is 2.18. The van der Waals surface area contributed by atoms with E-state index < -0.39 is 6.03 Å². The molecule has 0 aromatic heterocycles. The number of anilines is 1. The lowest BCUT2D eigenvalue weighted by atomic mass is 10.2. The highest BCUT2D eigenvalue weighted by molar-refractivity contribution is 5.92. The van der Waals surface area contributed by atoms with Crippen LogP contribution in [-0.2, 0) is 11.4 Å². The second kappa shape index (κ2) is 8.89. The molecular weight excluding hydrogens is 330 g/mol. The van der Waals surface area contributed by atoms with Gasteiger partial charge >= 0.3 is 6.03 Å². The number of nitrogens with zero attached hydrogens (tertiary/aromatic N) is 1. The molecule has 0 bridgehead atoms. The summed E-state index contributed by atoms with van der Waals surface area (Å²) in [7, 11) is 0. The molecule has 0 atom stereocenters. The van der Waals surface area contributed by atoms with Crippen LogP contribution >= 0.6 is 0 Å². The van der Waals surface area contributed by atoms with Crippen LogP contribution in [0.15, 0.2) is 54.6 Å². The van der Waals surface area contributed by atoms with Crippen LogP contribution in [0.2, 0.25) is 0 Å². The van der Waals surface area contributed by atoms with Gasteiger partial charge in [0.1, 0.15) is 12.4 Å². The molecule has 3 rings (SSSR count). The van der Waals surface area contributed by atoms with Gasteiger partial charge < -0.3 is 20.3 Å². The Labute approximate surface area is 153 Å². The normalized spacial score (nSPS) is 13.3. The van der Waals surface area contributed by atoms with Crippen molar-refractivity contribution in [3.05, 3.63) is 60.2 Å². The molecule has 2 N–H and O–H groups in total. The van der Waals surface area contributed by atoms with E-state index in [1.807, 2.05) is 54.6 Å². The molecule has 26 heavy (non-hydrogen) atoms. The largest absolute Gasteiger partial charge is 0.489 e. The third kappa shape index (κ3) is 4.99. The Kier molecular flexibility index (Phi) is 6.09. The van der Waals surface area contributed by atoms with Crippen LogP contribution in [0.3, 0.4) is 0 Å². The van der Waals surface area contributed by atoms with Crippen molar-refractivity contribution in [1.82, 2.24) is 10.2 Å². The summed E-state index contributed by atoms with van der Waals surface area (Å²) in [5.41, 5.74) is 1.52. The van der Waals surface area contributed by atoms with Crippen molar-refractivity contribution in [2.75, 3.05) is 25.0 Å². The van der Waals surface area contributed by atoms with E-state index >= 15 is 0 Å². The van der Waals surface area contributed by atoms with Crippen molar-refractivity contribution < 1.29 is 14.3 Å². The van der Waals surface area contributed by atoms with Crippen LogP contribution in [0.5, 0.6) is 5.75 Å². The highest BCUT2D eigenvalue weighted by Gasteiger charge is 2.18. The number of amides is 3. The van der Waals surface area contributed by atoms with Gasteiger partial charge in [0.05, 0.1) is 6.54 Å². The van der Waals surface area contributed by atoms with E-state index in [1.165, 1.54) is 0 Å². The summed E-state index contributed by atoms with van der Waals surface area (Å²) in [6.45, 7) is 1.91. The Balaban J connectivity index is 1.52. The van der Waals surface area contributed by atoms with Crippen LogP contribution in [-0.4, -0.2) is 36.5 Å². The van der Waals surface area contributed by atoms with Crippen LogP contribution in [0.25, 0.3) is 0 Å². The predicted octanol–water partition coefficient (Wildman–Crippen LogP) is 3.01. The molecule has 0 aliphatic carbocycles. The zero-order chi connectivity index (χ0) is 18.2. The molecule has 3 amide bonds. The van der Waals surface area contributed by atoms with E-state index in [9.17, 15) is 9.59 Å². The number of para-hydroxylation sites is 2. The van der Waals surface area contributed by atoms with Gasteiger partial charge in [0.15, 0.2) is 0 Å². The fourth-order valence-corrected chi connectivity index (χ4v) is 2.85. The zero-order valence-electron chi connectivity index (χ0n) is 14.6. The molecule has 2 aromatic carbocycles. The topological polar surface area (TPSA) is 70.7 Å². The van der Waals surface area contributed by atoms with Gasteiger partial charge in [0.2, 0.25) is 5.91 Å². The lowest BCUT2D eigenvalue weighted by Crippen LogP contribution is -2.40. The molecular formula is C20H23N3O3. The van der Waals surface area contributed by atoms with Gasteiger partial charge in [-0.25, -0.2) is 4.79 Å². The maximum Gasteiger partial charge on any atom is 0.319 e. The summed E-state index contributed by atoms with van der Waals surface area (Å²) in [4.78, 5) is 25.9. The molecule has 0 spiro atoms. The summed E-state index contributed by atoms with van der Waals surface area (Å²) in [6, 6.07) is 16.6. The monoisotopic (exact) mass is 353 g/mol. The average molecular weight is 353 g/mol. The van der Waals surface area contributed by atoms with Crippen LogP contribution in [0, 0.1) is 0 Å². The zero-order valence-corrected chi connectivity index (χ0v) is 14.6. The third-order valence-electron chi connectivity index (χ3n) is 4.26. The number of carbonyl (C=O) groups excluding carboxylic acids is 2. The third-order valence-corrected chi connectivity index (χ3v) is 4.26. The Bertz CT molecular complexity index is 743. The molecule has 1 heterocycles. The van der Waals surface area contributed by atoms with Gasteiger partial charge in [0, 0.05) is 24.3 Å². The van der Waals surface area contributed by atoms with Gasteiger partial charge in [0.25, 0.3) is 0 Å². The summed E-state index contributed by atoms with van der Waals surface area (Å²) in [5.74, 6) is 0.723. The molecule has 0 unspecified atom stereocenters. The van der Waals surface area contributed by atoms with Gasteiger partial charge in [-0.3, -0.25) is 4.79 Å². The van der Waals surface area contributed by atoms with Crippen molar-refractivity contribution in [3.8, 4) is 5.75 Å². The first kappa shape index (κ1) is 17.8. The Hall–Kier alpha value is -3.02. The fourth-order valence-electron chi connectivity index (χ4n) is 2.85. The van der Waals surface area contributed by atoms with Gasteiger partial charge in [-0.2, -0.15) is 0 Å². The highest BCUT2D eigenvalue weighted by atomic mass is 16.5. The van der Waals surface area contributed by atoms with E-state index in [-0.39, 0.29) is 12.5 Å². The maximum atomic E-state index is 12.1. The predicted molar refractivity (Wildman–Crippen MR) is 100 cm³/mol. The molecule has 1 aliphatic heterocycles. The molecule has 0 saturated carbocycles. The summed E-state index contributed by atoms with van der Waals surface area (Å²) in [5, 5.41) is 5.42. The Morgan fingerprint density at radius 1 is 0.962 bits per heavy atom. The minimum atomic E-state index is -0.398. The smallest absolute Gasteiger partial charge is 0.319 e. The van der Waals surface area contributed by atoms with E-state index in [0.717, 1.165) is 37.2 Å². The molecule has 2 aromatic rings. The number of hydrogen-bond donors (Lipinski definition) is 2. The summed E-state index contributed by atoms with van der Waals surface area (Å²) >= 11 is 0. The Morgan fingerprint density at radius 3 is 2.42 bits per heavy atom. The summed E-state index contributed by atoms with van der Waals surface area (Å²) < 4.78 is 5.75. The second-order valence-corrected chi connectivity index (χ2v) is 6.15. The van der Waals surface area contributed by atoms with Crippen LogP contribution in [0.4, 0.5) is 10.5 Å². The Morgan fingerprint density at radius 2 is 1.65 bits per heavy atom. The number of rotatable bonds is 6. The van der Waals surface area contributed by atoms with Gasteiger partial charge in [-0.05, 0) is 31.0 Å². The number of urea groups is 1. The number of benzene rings is 2. The van der Waals surface area contributed by atoms with Crippen molar-refractivity contribution in [3.63, 3.8) is 0 Å². The average Bonchev–Trinajstić information content (AvgIpc) is 3.21. The quantitative estimate of drug-likeness (QED) is 0.839. The lowest BCUT2D eigenvalue weighted by Gasteiger charge is -2.16. The number of carbonyl (C=O) groups is 2. The number of nitrogens with one attached hydrogen (secondary N) is 2. The van der Waals surface area contributed by atoms with Gasteiger partial charge in [-0.15, -0.1) is 0 Å². The van der Waals surface area contributed by atoms with Gasteiger partial charge in [-0.1, -0.05) is 36.4 Å². The molecule has 1 fully saturated rings. The fraction of sp³-hybridized carbons (Fsp3) is 0.300. The molecule has 1 aliphatic rings. The minimum absolute atomic E-state index is 0.00845. The molecule has 6 heteroatoms. The van der Waals surface area contributed by atoms with E-state index in [0.29, 0.717) is 12.3 Å². The van der Waals surface area contributed by atoms with E-state index in [4.69, 9.17) is 4.74 Å². The van der Waals surface area contributed by atoms with Crippen LogP contribution in [0.1, 0.15) is 18.4 Å². The number of hydrogen-bond acceptors (Lipinski definition) is 3. The minimum Gasteiger partial charge on any atom is -0.489 e. The van der Waals surface area contributed by atoms with Crippen molar-refractivity contribution in [1.29, 1.82) is 0 Å². The first-order valence-corrected chi connectivity index (χ1v) is 8.81. The second-order valence-electron chi connectivity index (χ2n) is 6.15. The maximum absolute atomic E-state index is 12.1. The first-order valence-electron chi connectivity index (χ1n) is 8.81. The number of likely N-dealkylation sites (tertiary alicyclic amines) is 1. The van der Waals surface area contributed by atoms with Crippen LogP contribution < -0.4 is 15.4 Å².